The number of ether oxygens (including phenoxy) is 1. The lowest BCUT2D eigenvalue weighted by atomic mass is 10.1. The van der Waals surface area contributed by atoms with Gasteiger partial charge in [0.15, 0.2) is 0 Å². The van der Waals surface area contributed by atoms with Crippen LogP contribution in [0.5, 0.6) is 0 Å². The molecule has 19 heavy (non-hydrogen) atoms. The fourth-order valence-electron chi connectivity index (χ4n) is 1.99. The van der Waals surface area contributed by atoms with Crippen molar-refractivity contribution < 1.29 is 17.9 Å². The van der Waals surface area contributed by atoms with Gasteiger partial charge in [-0.15, -0.1) is 11.3 Å². The molecule has 2 heterocycles. The maximum absolute atomic E-state index is 12.4. The lowest BCUT2D eigenvalue weighted by molar-refractivity contribution is -0.144. The molecule has 0 bridgehead atoms. The van der Waals surface area contributed by atoms with Crippen LogP contribution >= 0.6 is 27.3 Å². The van der Waals surface area contributed by atoms with Crippen molar-refractivity contribution in [2.24, 2.45) is 5.92 Å². The number of esters is 1. The Balaban J connectivity index is 2.20. The van der Waals surface area contributed by atoms with Crippen molar-refractivity contribution in [1.29, 1.82) is 0 Å². The molecule has 0 aliphatic carbocycles. The Morgan fingerprint density at radius 2 is 2.26 bits per heavy atom. The molecule has 1 aliphatic rings. The maximum Gasteiger partial charge on any atom is 0.310 e. The van der Waals surface area contributed by atoms with E-state index < -0.39 is 10.0 Å². The smallest absolute Gasteiger partial charge is 0.310 e. The van der Waals surface area contributed by atoms with E-state index in [1.807, 2.05) is 6.92 Å². The SMILES string of the molecule is COC(=O)C1CCN(S(=O)(=O)c2cc(C)c(Br)s2)C1. The average molecular weight is 368 g/mol. The highest BCUT2D eigenvalue weighted by atomic mass is 79.9. The van der Waals surface area contributed by atoms with Gasteiger partial charge in [-0.25, -0.2) is 8.42 Å². The van der Waals surface area contributed by atoms with E-state index in [9.17, 15) is 13.2 Å². The molecule has 106 valence electrons. The van der Waals surface area contributed by atoms with Crippen LogP contribution in [0, 0.1) is 12.8 Å². The van der Waals surface area contributed by atoms with Crippen LogP contribution in [0.2, 0.25) is 0 Å². The van der Waals surface area contributed by atoms with Crippen LogP contribution < -0.4 is 0 Å². The summed E-state index contributed by atoms with van der Waals surface area (Å²) < 4.78 is 32.0. The van der Waals surface area contributed by atoms with Crippen LogP contribution in [0.25, 0.3) is 0 Å². The molecule has 0 N–H and O–H groups in total. The molecule has 8 heteroatoms. The zero-order valence-corrected chi connectivity index (χ0v) is 13.8. The van der Waals surface area contributed by atoms with Gasteiger partial charge >= 0.3 is 5.97 Å². The lowest BCUT2D eigenvalue weighted by Gasteiger charge is -2.14. The Hall–Kier alpha value is -0.440. The van der Waals surface area contributed by atoms with Crippen molar-refractivity contribution in [2.75, 3.05) is 20.2 Å². The molecular weight excluding hydrogens is 354 g/mol. The first-order chi connectivity index (χ1) is 8.86. The second-order valence-corrected chi connectivity index (χ2v) is 8.93. The zero-order chi connectivity index (χ0) is 14.2. The number of sulfonamides is 1. The van der Waals surface area contributed by atoms with Crippen molar-refractivity contribution in [3.63, 3.8) is 0 Å². The summed E-state index contributed by atoms with van der Waals surface area (Å²) in [5, 5.41) is 0. The highest BCUT2D eigenvalue weighted by molar-refractivity contribution is 9.11. The van der Waals surface area contributed by atoms with Crippen molar-refractivity contribution >= 4 is 43.3 Å². The number of carbonyl (C=O) groups is 1. The van der Waals surface area contributed by atoms with Crippen LogP contribution in [-0.2, 0) is 19.6 Å². The molecule has 0 aromatic carbocycles. The van der Waals surface area contributed by atoms with Crippen molar-refractivity contribution in [3.8, 4) is 0 Å². The number of nitrogens with zero attached hydrogens (tertiary/aromatic N) is 1. The number of thiophene rings is 1. The number of hydrogen-bond donors (Lipinski definition) is 0. The highest BCUT2D eigenvalue weighted by Crippen LogP contribution is 2.34. The molecule has 1 aromatic heterocycles. The predicted molar refractivity (Wildman–Crippen MR) is 75.6 cm³/mol. The largest absolute Gasteiger partial charge is 0.469 e. The third kappa shape index (κ3) is 2.86. The Kier molecular flexibility index (Phi) is 4.34. The summed E-state index contributed by atoms with van der Waals surface area (Å²) in [6.45, 7) is 2.40. The molecule has 2 rings (SSSR count). The monoisotopic (exact) mass is 367 g/mol. The molecule has 1 unspecified atom stereocenters. The minimum Gasteiger partial charge on any atom is -0.469 e. The summed E-state index contributed by atoms with van der Waals surface area (Å²) in [6, 6.07) is 1.65. The van der Waals surface area contributed by atoms with Gasteiger partial charge in [0.25, 0.3) is 10.0 Å². The molecule has 1 fully saturated rings. The minimum absolute atomic E-state index is 0.198. The maximum atomic E-state index is 12.4. The third-order valence-corrected chi connectivity index (χ3v) is 7.57. The number of methoxy groups -OCH3 is 1. The Morgan fingerprint density at radius 1 is 1.58 bits per heavy atom. The molecule has 1 aliphatic heterocycles. The summed E-state index contributed by atoms with van der Waals surface area (Å²) >= 11 is 4.52. The van der Waals surface area contributed by atoms with E-state index in [0.29, 0.717) is 17.2 Å². The Bertz CT molecular complexity index is 576. The van der Waals surface area contributed by atoms with Crippen LogP contribution in [-0.4, -0.2) is 38.9 Å². The Labute approximate surface area is 124 Å². The van der Waals surface area contributed by atoms with Gasteiger partial charge in [-0.2, -0.15) is 4.31 Å². The van der Waals surface area contributed by atoms with Gasteiger partial charge in [0.2, 0.25) is 0 Å². The topological polar surface area (TPSA) is 63.7 Å². The summed E-state index contributed by atoms with van der Waals surface area (Å²) in [6.07, 6.45) is 0.511. The fourth-order valence-corrected chi connectivity index (χ4v) is 5.87. The second-order valence-electron chi connectivity index (χ2n) is 4.39. The van der Waals surface area contributed by atoms with E-state index in [-0.39, 0.29) is 18.4 Å². The molecule has 1 atom stereocenters. The Morgan fingerprint density at radius 3 is 2.79 bits per heavy atom. The van der Waals surface area contributed by atoms with Gasteiger partial charge < -0.3 is 4.74 Å². The van der Waals surface area contributed by atoms with Crippen molar-refractivity contribution in [3.05, 3.63) is 15.4 Å². The van der Waals surface area contributed by atoms with Gasteiger partial charge in [-0.3, -0.25) is 4.79 Å². The van der Waals surface area contributed by atoms with Gasteiger partial charge in [-0.05, 0) is 40.9 Å². The molecular formula is C11H14BrNO4S2. The highest BCUT2D eigenvalue weighted by Gasteiger charge is 2.37. The van der Waals surface area contributed by atoms with Gasteiger partial charge in [0.05, 0.1) is 16.8 Å². The number of hydrogen-bond acceptors (Lipinski definition) is 5. The van der Waals surface area contributed by atoms with E-state index in [1.54, 1.807) is 6.07 Å². The first-order valence-electron chi connectivity index (χ1n) is 5.70. The molecule has 1 saturated heterocycles. The summed E-state index contributed by atoms with van der Waals surface area (Å²) in [4.78, 5) is 11.4. The van der Waals surface area contributed by atoms with Crippen LogP contribution in [0.1, 0.15) is 12.0 Å². The summed E-state index contributed by atoms with van der Waals surface area (Å²) in [5.74, 6) is -0.703. The second kappa shape index (κ2) is 5.51. The first-order valence-corrected chi connectivity index (χ1v) is 8.75. The summed E-state index contributed by atoms with van der Waals surface area (Å²) in [7, 11) is -2.18. The van der Waals surface area contributed by atoms with E-state index in [4.69, 9.17) is 0 Å². The van der Waals surface area contributed by atoms with E-state index in [0.717, 1.165) is 9.35 Å². The van der Waals surface area contributed by atoms with Crippen LogP contribution in [0.4, 0.5) is 0 Å². The zero-order valence-electron chi connectivity index (χ0n) is 10.6. The van der Waals surface area contributed by atoms with Gasteiger partial charge in [-0.1, -0.05) is 0 Å². The van der Waals surface area contributed by atoms with Gasteiger partial charge in [0.1, 0.15) is 4.21 Å². The number of aryl methyl sites for hydroxylation is 1. The molecule has 0 spiro atoms. The average Bonchev–Trinajstić information content (AvgIpc) is 2.97. The summed E-state index contributed by atoms with van der Waals surface area (Å²) in [5.41, 5.74) is 0.896. The standard InChI is InChI=1S/C11H14BrNO4S2/c1-7-5-9(18-10(7)12)19(15,16)13-4-3-8(6-13)11(14)17-2/h5,8H,3-4,6H2,1-2H3. The molecule has 1 aromatic rings. The normalized spacial score (nSPS) is 20.7. The third-order valence-electron chi connectivity index (χ3n) is 3.11. The lowest BCUT2D eigenvalue weighted by Crippen LogP contribution is -2.29. The molecule has 0 amide bonds. The molecule has 5 nitrogen and oxygen atoms in total. The van der Waals surface area contributed by atoms with E-state index in [1.165, 1.54) is 22.8 Å². The van der Waals surface area contributed by atoms with Crippen molar-refractivity contribution in [1.82, 2.24) is 4.31 Å². The minimum atomic E-state index is -3.50. The van der Waals surface area contributed by atoms with Crippen LogP contribution in [0.3, 0.4) is 0 Å². The quantitative estimate of drug-likeness (QED) is 0.766. The number of halogens is 1. The first kappa shape index (κ1) is 15.0. The van der Waals surface area contributed by atoms with Crippen LogP contribution in [0.15, 0.2) is 14.1 Å². The molecule has 0 radical (unpaired) electrons. The number of rotatable bonds is 3. The van der Waals surface area contributed by atoms with Crippen molar-refractivity contribution in [2.45, 2.75) is 17.6 Å². The van der Waals surface area contributed by atoms with E-state index >= 15 is 0 Å². The van der Waals surface area contributed by atoms with E-state index in [2.05, 4.69) is 20.7 Å². The fraction of sp³-hybridized carbons (Fsp3) is 0.545. The van der Waals surface area contributed by atoms with Gasteiger partial charge in [0, 0.05) is 13.1 Å². The predicted octanol–water partition coefficient (Wildman–Crippen LogP) is 2.00. The molecule has 0 saturated carbocycles. The number of carbonyl (C=O) groups excluding carboxylic acids is 1.